The fourth-order valence-corrected chi connectivity index (χ4v) is 2.60. The number of allylic oxidation sites excluding steroid dienone is 3. The van der Waals surface area contributed by atoms with E-state index < -0.39 is 5.97 Å². The van der Waals surface area contributed by atoms with E-state index in [9.17, 15) is 4.79 Å². The van der Waals surface area contributed by atoms with Crippen LogP contribution in [0.25, 0.3) is 0 Å². The molecule has 160 valence electrons. The average Bonchev–Trinajstić information content (AvgIpc) is 3.20. The Hall–Kier alpha value is -3.07. The van der Waals surface area contributed by atoms with Crippen LogP contribution in [0, 0.1) is 6.92 Å². The van der Waals surface area contributed by atoms with Gasteiger partial charge in [-0.2, -0.15) is 0 Å². The molecule has 2 rings (SSSR count). The van der Waals surface area contributed by atoms with Crippen molar-refractivity contribution in [3.63, 3.8) is 0 Å². The van der Waals surface area contributed by atoms with Crippen LogP contribution in [0.1, 0.15) is 19.4 Å². The van der Waals surface area contributed by atoms with Crippen molar-refractivity contribution in [3.05, 3.63) is 28.7 Å². The van der Waals surface area contributed by atoms with E-state index in [1.54, 1.807) is 20.8 Å². The van der Waals surface area contributed by atoms with Crippen molar-refractivity contribution < 1.29 is 42.7 Å². The Labute approximate surface area is 169 Å². The van der Waals surface area contributed by atoms with Gasteiger partial charge in [0.15, 0.2) is 18.3 Å². The van der Waals surface area contributed by atoms with Gasteiger partial charge in [-0.25, -0.2) is 4.79 Å². The number of carbonyl (C=O) groups excluding carboxylic acids is 1. The van der Waals surface area contributed by atoms with Crippen molar-refractivity contribution in [3.8, 4) is 28.7 Å². The summed E-state index contributed by atoms with van der Waals surface area (Å²) in [6.45, 7) is 5.07. The monoisotopic (exact) mass is 410 g/mol. The lowest BCUT2D eigenvalue weighted by atomic mass is 10.1. The molecule has 1 aromatic carbocycles. The molecule has 1 heterocycles. The topological polar surface area (TPSA) is 90.9 Å². The first-order valence-electron chi connectivity index (χ1n) is 8.70. The van der Waals surface area contributed by atoms with Gasteiger partial charge in [-0.15, -0.1) is 0 Å². The Kier molecular flexibility index (Phi) is 7.60. The molecule has 0 bridgehead atoms. The van der Waals surface area contributed by atoms with E-state index in [1.807, 2.05) is 0 Å². The summed E-state index contributed by atoms with van der Waals surface area (Å²) in [5, 5.41) is 0. The van der Waals surface area contributed by atoms with Gasteiger partial charge in [-0.1, -0.05) is 0 Å². The molecule has 0 saturated carbocycles. The Morgan fingerprint density at radius 2 is 1.62 bits per heavy atom. The van der Waals surface area contributed by atoms with E-state index in [0.29, 0.717) is 34.1 Å². The molecular formula is C20H26O9. The summed E-state index contributed by atoms with van der Waals surface area (Å²) in [6, 6.07) is 0. The van der Waals surface area contributed by atoms with Crippen LogP contribution in [0.5, 0.6) is 28.7 Å². The largest absolute Gasteiger partial charge is 0.501 e. The molecule has 0 spiro atoms. The molecule has 1 aliphatic heterocycles. The van der Waals surface area contributed by atoms with Crippen LogP contribution in [-0.2, 0) is 19.0 Å². The first-order chi connectivity index (χ1) is 13.9. The van der Waals surface area contributed by atoms with Gasteiger partial charge in [-0.05, 0) is 32.4 Å². The minimum Gasteiger partial charge on any atom is -0.501 e. The lowest BCUT2D eigenvalue weighted by Crippen LogP contribution is -2.15. The van der Waals surface area contributed by atoms with Crippen LogP contribution in [0.15, 0.2) is 23.2 Å². The molecule has 1 aromatic rings. The van der Waals surface area contributed by atoms with E-state index in [4.69, 9.17) is 37.9 Å². The van der Waals surface area contributed by atoms with Crippen LogP contribution in [-0.4, -0.2) is 48.0 Å². The summed E-state index contributed by atoms with van der Waals surface area (Å²) in [7, 11) is 5.90. The summed E-state index contributed by atoms with van der Waals surface area (Å²) in [5.41, 5.74) is 1.23. The standard InChI is InChI=1S/C20H26O9/c1-11(13(3)23-5)8-14(20(21)28-9-22-4)29-16-12(2)15(24-6)18-19(17(16)25-7)27-10-26-18/h8H,9-10H2,1-7H3/b13-11+,14-8+. The number of benzene rings is 1. The van der Waals surface area contributed by atoms with E-state index in [2.05, 4.69) is 0 Å². The highest BCUT2D eigenvalue weighted by Crippen LogP contribution is 2.55. The zero-order chi connectivity index (χ0) is 21.6. The zero-order valence-corrected chi connectivity index (χ0v) is 17.7. The lowest BCUT2D eigenvalue weighted by molar-refractivity contribution is -0.151. The molecule has 0 N–H and O–H groups in total. The van der Waals surface area contributed by atoms with Gasteiger partial charge in [0.2, 0.25) is 29.8 Å². The molecule has 9 nitrogen and oxygen atoms in total. The molecule has 0 saturated heterocycles. The van der Waals surface area contributed by atoms with Crippen LogP contribution < -0.4 is 23.7 Å². The van der Waals surface area contributed by atoms with Crippen LogP contribution in [0.3, 0.4) is 0 Å². The Bertz CT molecular complexity index is 824. The molecular weight excluding hydrogens is 384 g/mol. The summed E-state index contributed by atoms with van der Waals surface area (Å²) in [4.78, 5) is 12.6. The summed E-state index contributed by atoms with van der Waals surface area (Å²) in [6.07, 6.45) is 1.51. The van der Waals surface area contributed by atoms with Gasteiger partial charge >= 0.3 is 5.97 Å². The number of hydrogen-bond acceptors (Lipinski definition) is 9. The van der Waals surface area contributed by atoms with Crippen LogP contribution >= 0.6 is 0 Å². The minimum atomic E-state index is -0.729. The lowest BCUT2D eigenvalue weighted by Gasteiger charge is -2.19. The zero-order valence-electron chi connectivity index (χ0n) is 17.7. The smallest absolute Gasteiger partial charge is 0.376 e. The fourth-order valence-electron chi connectivity index (χ4n) is 2.60. The van der Waals surface area contributed by atoms with Crippen molar-refractivity contribution in [2.45, 2.75) is 20.8 Å². The molecule has 0 aromatic heterocycles. The maximum absolute atomic E-state index is 12.6. The number of rotatable bonds is 9. The van der Waals surface area contributed by atoms with Gasteiger partial charge in [-0.3, -0.25) is 0 Å². The van der Waals surface area contributed by atoms with E-state index in [0.717, 1.165) is 0 Å². The maximum Gasteiger partial charge on any atom is 0.376 e. The summed E-state index contributed by atoms with van der Waals surface area (Å²) < 4.78 is 43.0. The van der Waals surface area contributed by atoms with Gasteiger partial charge in [0.05, 0.1) is 27.1 Å². The normalized spacial score (nSPS) is 13.6. The van der Waals surface area contributed by atoms with Crippen LogP contribution in [0.2, 0.25) is 0 Å². The Morgan fingerprint density at radius 3 is 2.17 bits per heavy atom. The van der Waals surface area contributed by atoms with Crippen molar-refractivity contribution in [2.24, 2.45) is 0 Å². The van der Waals surface area contributed by atoms with Gasteiger partial charge in [0.1, 0.15) is 0 Å². The van der Waals surface area contributed by atoms with Gasteiger partial charge < -0.3 is 37.9 Å². The number of carbonyl (C=O) groups is 1. The first-order valence-corrected chi connectivity index (χ1v) is 8.70. The van der Waals surface area contributed by atoms with E-state index >= 15 is 0 Å². The molecule has 0 aliphatic carbocycles. The second kappa shape index (κ2) is 9.92. The number of hydrogen-bond donors (Lipinski definition) is 0. The number of methoxy groups -OCH3 is 4. The Morgan fingerprint density at radius 1 is 1.00 bits per heavy atom. The summed E-state index contributed by atoms with van der Waals surface area (Å²) in [5.74, 6) is 1.44. The second-order valence-corrected chi connectivity index (χ2v) is 5.98. The van der Waals surface area contributed by atoms with Crippen LogP contribution in [0.4, 0.5) is 0 Å². The van der Waals surface area contributed by atoms with Crippen molar-refractivity contribution >= 4 is 5.97 Å². The molecule has 0 atom stereocenters. The third-order valence-electron chi connectivity index (χ3n) is 4.25. The highest BCUT2D eigenvalue weighted by molar-refractivity contribution is 5.88. The van der Waals surface area contributed by atoms with E-state index in [1.165, 1.54) is 34.5 Å². The number of ether oxygens (including phenoxy) is 8. The van der Waals surface area contributed by atoms with Gasteiger partial charge in [0.25, 0.3) is 0 Å². The molecule has 29 heavy (non-hydrogen) atoms. The third-order valence-corrected chi connectivity index (χ3v) is 4.25. The molecule has 9 heteroatoms. The van der Waals surface area contributed by atoms with E-state index in [-0.39, 0.29) is 30.8 Å². The molecule has 0 amide bonds. The fraction of sp³-hybridized carbons (Fsp3) is 0.450. The number of esters is 1. The van der Waals surface area contributed by atoms with Crippen molar-refractivity contribution in [2.75, 3.05) is 42.0 Å². The average molecular weight is 410 g/mol. The second-order valence-electron chi connectivity index (χ2n) is 5.98. The van der Waals surface area contributed by atoms with Gasteiger partial charge in [0, 0.05) is 12.7 Å². The maximum atomic E-state index is 12.6. The van der Waals surface area contributed by atoms with Crippen molar-refractivity contribution in [1.29, 1.82) is 0 Å². The summed E-state index contributed by atoms with van der Waals surface area (Å²) >= 11 is 0. The third kappa shape index (κ3) is 4.68. The molecule has 1 aliphatic rings. The predicted molar refractivity (Wildman–Crippen MR) is 102 cm³/mol. The predicted octanol–water partition coefficient (Wildman–Crippen LogP) is 3.09. The Balaban J connectivity index is 2.58. The highest BCUT2D eigenvalue weighted by atomic mass is 16.7. The number of fused-ring (bicyclic) bond motifs is 1. The molecule has 0 unspecified atom stereocenters. The molecule has 0 fully saturated rings. The minimum absolute atomic E-state index is 0.0123. The van der Waals surface area contributed by atoms with Crippen molar-refractivity contribution in [1.82, 2.24) is 0 Å². The SMILES string of the molecule is COCOC(=O)/C(=C\C(C)=C(/C)OC)Oc1c(C)c(OC)c2c(c1OC)OCO2. The first kappa shape index (κ1) is 22.2. The highest BCUT2D eigenvalue weighted by Gasteiger charge is 2.32. The molecule has 0 radical (unpaired) electrons. The quantitative estimate of drug-likeness (QED) is 0.200.